The number of carboxylic acid groups (broad SMARTS) is 1. The molecule has 0 aliphatic carbocycles. The van der Waals surface area contributed by atoms with E-state index in [1.54, 1.807) is 0 Å². The molecule has 11 nitrogen and oxygen atoms in total. The minimum Gasteiger partial charge on any atom is -0.480 e. The third-order valence-corrected chi connectivity index (χ3v) is 13.2. The van der Waals surface area contributed by atoms with Gasteiger partial charge in [0.05, 0.1) is 13.2 Å². The zero-order chi connectivity index (χ0) is 47.7. The van der Waals surface area contributed by atoms with E-state index in [0.29, 0.717) is 12.8 Å². The van der Waals surface area contributed by atoms with Crippen molar-refractivity contribution in [3.05, 3.63) is 12.2 Å². The Morgan fingerprint density at radius 1 is 0.462 bits per heavy atom. The molecule has 0 aliphatic heterocycles. The van der Waals surface area contributed by atoms with Gasteiger partial charge in [0.1, 0.15) is 12.6 Å². The minimum absolute atomic E-state index is 0.161. The fourth-order valence-electron chi connectivity index (χ4n) is 8.00. The van der Waals surface area contributed by atoms with E-state index < -0.39 is 51.1 Å². The number of esters is 2. The molecule has 0 aromatic rings. The molecule has 0 fully saturated rings. The van der Waals surface area contributed by atoms with Crippen molar-refractivity contribution in [1.82, 2.24) is 0 Å². The second-order valence-corrected chi connectivity index (χ2v) is 20.2. The molecule has 0 aromatic heterocycles. The normalized spacial score (nSPS) is 13.5. The molecule has 12 heteroatoms. The van der Waals surface area contributed by atoms with Gasteiger partial charge < -0.3 is 25.2 Å². The average molecular weight is 944 g/mol. The molecule has 0 aliphatic rings. The molecule has 3 unspecified atom stereocenters. The molecule has 0 radical (unpaired) electrons. The number of phosphoric ester groups is 1. The Morgan fingerprint density at radius 3 is 1.12 bits per heavy atom. The van der Waals surface area contributed by atoms with Crippen molar-refractivity contribution >= 4 is 25.7 Å². The molecule has 0 aromatic carbocycles. The lowest BCUT2D eigenvalue weighted by Gasteiger charge is -2.20. The molecule has 3 atom stereocenters. The summed E-state index contributed by atoms with van der Waals surface area (Å²) >= 11 is 0. The van der Waals surface area contributed by atoms with Crippen LogP contribution in [0, 0.1) is 0 Å². The van der Waals surface area contributed by atoms with E-state index in [0.717, 1.165) is 44.9 Å². The highest BCUT2D eigenvalue weighted by Crippen LogP contribution is 2.43. The fraction of sp³-hybridized carbons (Fsp3) is 0.906. The summed E-state index contributed by atoms with van der Waals surface area (Å²) in [4.78, 5) is 46.2. The van der Waals surface area contributed by atoms with Gasteiger partial charge in [-0.25, -0.2) is 4.57 Å². The molecular formula is C53H102NO10P. The van der Waals surface area contributed by atoms with Crippen molar-refractivity contribution in [2.45, 2.75) is 289 Å². The van der Waals surface area contributed by atoms with Crippen molar-refractivity contribution in [3.63, 3.8) is 0 Å². The Labute approximate surface area is 398 Å². The number of hydrogen-bond acceptors (Lipinski definition) is 9. The highest BCUT2D eigenvalue weighted by molar-refractivity contribution is 7.47. The SMILES string of the molecule is CCCCCCCC/C=C\CCCCCCCCCC(=O)OC(COC(=O)CCCCCCCCCCCCCCCCCCCCCCCCCC)COP(=O)(O)OCC(N)C(=O)O. The smallest absolute Gasteiger partial charge is 0.472 e. The highest BCUT2D eigenvalue weighted by Gasteiger charge is 2.28. The second kappa shape index (κ2) is 48.7. The van der Waals surface area contributed by atoms with Crippen LogP contribution in [0.25, 0.3) is 0 Å². The van der Waals surface area contributed by atoms with E-state index in [-0.39, 0.29) is 19.4 Å². The molecule has 0 heterocycles. The van der Waals surface area contributed by atoms with Crippen molar-refractivity contribution < 1.29 is 47.5 Å². The third kappa shape index (κ3) is 48.5. The molecule has 0 amide bonds. The summed E-state index contributed by atoms with van der Waals surface area (Å²) in [5, 5.41) is 8.93. The van der Waals surface area contributed by atoms with Crippen LogP contribution in [0.1, 0.15) is 277 Å². The van der Waals surface area contributed by atoms with Crippen LogP contribution in [0.5, 0.6) is 0 Å². The molecule has 0 saturated heterocycles. The molecule has 0 saturated carbocycles. The lowest BCUT2D eigenvalue weighted by atomic mass is 10.0. The highest BCUT2D eigenvalue weighted by atomic mass is 31.2. The lowest BCUT2D eigenvalue weighted by Crippen LogP contribution is -2.34. The number of ether oxygens (including phenoxy) is 2. The van der Waals surface area contributed by atoms with Crippen molar-refractivity contribution in [2.75, 3.05) is 19.8 Å². The predicted molar refractivity (Wildman–Crippen MR) is 268 cm³/mol. The maximum Gasteiger partial charge on any atom is 0.472 e. The summed E-state index contributed by atoms with van der Waals surface area (Å²) in [6, 6.07) is -1.52. The van der Waals surface area contributed by atoms with Gasteiger partial charge in [-0.05, 0) is 38.5 Å². The Hall–Kier alpha value is -1.78. The van der Waals surface area contributed by atoms with Crippen molar-refractivity contribution in [2.24, 2.45) is 5.73 Å². The topological polar surface area (TPSA) is 172 Å². The van der Waals surface area contributed by atoms with E-state index in [2.05, 4.69) is 30.5 Å². The largest absolute Gasteiger partial charge is 0.480 e. The van der Waals surface area contributed by atoms with Crippen LogP contribution in [0.15, 0.2) is 12.2 Å². The lowest BCUT2D eigenvalue weighted by molar-refractivity contribution is -0.161. The first-order valence-corrected chi connectivity index (χ1v) is 28.7. The first-order chi connectivity index (χ1) is 31.6. The Balaban J connectivity index is 4.13. The van der Waals surface area contributed by atoms with Crippen LogP contribution >= 0.6 is 7.82 Å². The summed E-state index contributed by atoms with van der Waals surface area (Å²) in [6.07, 6.45) is 52.8. The molecule has 4 N–H and O–H groups in total. The van der Waals surface area contributed by atoms with Gasteiger partial charge in [0, 0.05) is 12.8 Å². The fourth-order valence-corrected chi connectivity index (χ4v) is 8.78. The summed E-state index contributed by atoms with van der Waals surface area (Å²) < 4.78 is 32.9. The number of phosphoric acid groups is 1. The van der Waals surface area contributed by atoms with Gasteiger partial charge in [-0.2, -0.15) is 0 Å². The van der Waals surface area contributed by atoms with Crippen LogP contribution in [0.3, 0.4) is 0 Å². The summed E-state index contributed by atoms with van der Waals surface area (Å²) in [5.41, 5.74) is 5.36. The minimum atomic E-state index is -4.72. The summed E-state index contributed by atoms with van der Waals surface area (Å²) in [7, 11) is -4.72. The first-order valence-electron chi connectivity index (χ1n) is 27.2. The van der Waals surface area contributed by atoms with E-state index in [4.69, 9.17) is 24.8 Å². The van der Waals surface area contributed by atoms with Gasteiger partial charge >= 0.3 is 25.7 Å². The maximum atomic E-state index is 12.7. The molecule has 0 spiro atoms. The van der Waals surface area contributed by atoms with E-state index >= 15 is 0 Å². The van der Waals surface area contributed by atoms with Gasteiger partial charge in [-0.1, -0.05) is 238 Å². The summed E-state index contributed by atoms with van der Waals surface area (Å²) in [5.74, 6) is -2.36. The molecule has 0 rings (SSSR count). The van der Waals surface area contributed by atoms with Crippen LogP contribution in [-0.4, -0.2) is 59.9 Å². The quantitative estimate of drug-likeness (QED) is 0.0229. The van der Waals surface area contributed by atoms with Crippen molar-refractivity contribution in [3.8, 4) is 0 Å². The Kier molecular flexibility index (Phi) is 47.3. The second-order valence-electron chi connectivity index (χ2n) is 18.7. The number of nitrogens with two attached hydrogens (primary N) is 1. The van der Waals surface area contributed by atoms with Crippen LogP contribution in [0.2, 0.25) is 0 Å². The number of carboxylic acids is 1. The number of rotatable bonds is 52. The number of aliphatic carboxylic acids is 1. The van der Waals surface area contributed by atoms with Gasteiger partial charge in [0.2, 0.25) is 0 Å². The molecule has 65 heavy (non-hydrogen) atoms. The van der Waals surface area contributed by atoms with Crippen LogP contribution < -0.4 is 5.73 Å². The Bertz CT molecular complexity index is 1150. The Morgan fingerprint density at radius 2 is 0.769 bits per heavy atom. The van der Waals surface area contributed by atoms with Gasteiger partial charge in [-0.3, -0.25) is 23.4 Å². The standard InChI is InChI=1S/C53H102NO10P/c1-3-5-7-9-11-13-15-17-19-21-22-23-24-25-26-27-29-30-32-34-36-38-40-42-44-51(55)61-46-49(47-62-65(59,60)63-48-50(54)53(57)58)64-52(56)45-43-41-39-37-35-33-31-28-20-18-16-14-12-10-8-6-4-2/h18,20,49-50H,3-17,19,21-48,54H2,1-2H3,(H,57,58)(H,59,60)/b20-18-. The van der Waals surface area contributed by atoms with E-state index in [1.165, 1.54) is 193 Å². The van der Waals surface area contributed by atoms with E-state index in [9.17, 15) is 23.8 Å². The zero-order valence-corrected chi connectivity index (χ0v) is 43.0. The predicted octanol–water partition coefficient (Wildman–Crippen LogP) is 15.6. The van der Waals surface area contributed by atoms with Gasteiger partial charge in [0.15, 0.2) is 6.10 Å². The monoisotopic (exact) mass is 944 g/mol. The van der Waals surface area contributed by atoms with Gasteiger partial charge in [-0.15, -0.1) is 0 Å². The molecule has 384 valence electrons. The van der Waals surface area contributed by atoms with E-state index in [1.807, 2.05) is 0 Å². The van der Waals surface area contributed by atoms with Crippen LogP contribution in [-0.2, 0) is 37.5 Å². The number of unbranched alkanes of at least 4 members (excludes halogenated alkanes) is 36. The number of carbonyl (C=O) groups excluding carboxylic acids is 2. The number of carbonyl (C=O) groups is 3. The van der Waals surface area contributed by atoms with Gasteiger partial charge in [0.25, 0.3) is 0 Å². The molecule has 0 bridgehead atoms. The molecular weight excluding hydrogens is 842 g/mol. The van der Waals surface area contributed by atoms with Crippen molar-refractivity contribution in [1.29, 1.82) is 0 Å². The number of hydrogen-bond donors (Lipinski definition) is 3. The third-order valence-electron chi connectivity index (χ3n) is 12.3. The van der Waals surface area contributed by atoms with Crippen LogP contribution in [0.4, 0.5) is 0 Å². The first kappa shape index (κ1) is 63.2. The maximum absolute atomic E-state index is 12.7. The summed E-state index contributed by atoms with van der Waals surface area (Å²) in [6.45, 7) is 2.86. The average Bonchev–Trinajstić information content (AvgIpc) is 3.28. The zero-order valence-electron chi connectivity index (χ0n) is 42.1. The number of allylic oxidation sites excluding steroid dienone is 2.